The number of hydrogen-bond acceptors (Lipinski definition) is 3. The summed E-state index contributed by atoms with van der Waals surface area (Å²) < 4.78 is 0. The molecule has 1 heterocycles. The van der Waals surface area contributed by atoms with Crippen LogP contribution in [0.2, 0.25) is 0 Å². The van der Waals surface area contributed by atoms with Gasteiger partial charge in [0.1, 0.15) is 5.69 Å². The lowest BCUT2D eigenvalue weighted by atomic mass is 9.80. The minimum Gasteiger partial charge on any atom is -0.392 e. The van der Waals surface area contributed by atoms with E-state index in [1.165, 1.54) is 19.2 Å². The van der Waals surface area contributed by atoms with Gasteiger partial charge in [-0.15, -0.1) is 0 Å². The molecule has 0 aliphatic heterocycles. The third-order valence-electron chi connectivity index (χ3n) is 3.47. The Bertz CT molecular complexity index is 489. The summed E-state index contributed by atoms with van der Waals surface area (Å²) in [5.74, 6) is -0.242. The van der Waals surface area contributed by atoms with E-state index in [-0.39, 0.29) is 17.6 Å². The topological polar surface area (TPSA) is 82.2 Å². The van der Waals surface area contributed by atoms with Crippen LogP contribution in [0.4, 0.5) is 0 Å². The van der Waals surface area contributed by atoms with E-state index in [0.717, 1.165) is 0 Å². The van der Waals surface area contributed by atoms with E-state index in [4.69, 9.17) is 0 Å². The van der Waals surface area contributed by atoms with Crippen molar-refractivity contribution in [1.29, 1.82) is 0 Å². The van der Waals surface area contributed by atoms with E-state index in [1.54, 1.807) is 0 Å². The Morgan fingerprint density at radius 3 is 2.45 bits per heavy atom. The summed E-state index contributed by atoms with van der Waals surface area (Å²) in [6.07, 6.45) is 1.02. The zero-order valence-electron chi connectivity index (χ0n) is 12.8. The first-order valence-corrected chi connectivity index (χ1v) is 6.80. The fraction of sp³-hybridized carbons (Fsp3) is 0.600. The van der Waals surface area contributed by atoms with Crippen molar-refractivity contribution in [2.75, 3.05) is 6.54 Å². The average molecular weight is 280 g/mol. The molecular formula is C15H24N2O3. The fourth-order valence-corrected chi connectivity index (χ4v) is 2.14. The van der Waals surface area contributed by atoms with E-state index < -0.39 is 11.5 Å². The second-order valence-electron chi connectivity index (χ2n) is 6.22. The van der Waals surface area contributed by atoms with Crippen LogP contribution in [0.5, 0.6) is 0 Å². The molecule has 0 spiro atoms. The van der Waals surface area contributed by atoms with Gasteiger partial charge in [0.25, 0.3) is 5.91 Å². The summed E-state index contributed by atoms with van der Waals surface area (Å²) >= 11 is 0. The van der Waals surface area contributed by atoms with Crippen molar-refractivity contribution in [2.45, 2.75) is 40.7 Å². The van der Waals surface area contributed by atoms with Crippen LogP contribution in [-0.2, 0) is 0 Å². The molecule has 0 saturated carbocycles. The number of carbonyl (C=O) groups excluding carboxylic acids is 2. The van der Waals surface area contributed by atoms with Crippen molar-refractivity contribution >= 4 is 11.7 Å². The van der Waals surface area contributed by atoms with Gasteiger partial charge in [-0.25, -0.2) is 0 Å². The molecule has 0 bridgehead atoms. The standard InChI is InChI=1S/C15H24N2O3/c1-9(2)13(19)15(4,5)8-17-14(20)12-6-11(7-16-12)10(3)18/h6-7,9,13,16,19H,8H2,1-5H3,(H,17,20). The Hall–Kier alpha value is -1.62. The molecule has 1 aromatic heterocycles. The van der Waals surface area contributed by atoms with E-state index in [0.29, 0.717) is 17.8 Å². The molecule has 0 radical (unpaired) electrons. The lowest BCUT2D eigenvalue weighted by Crippen LogP contribution is -2.43. The Morgan fingerprint density at radius 1 is 1.40 bits per heavy atom. The number of nitrogens with one attached hydrogen (secondary N) is 2. The maximum absolute atomic E-state index is 12.0. The van der Waals surface area contributed by atoms with Crippen molar-refractivity contribution < 1.29 is 14.7 Å². The predicted molar refractivity (Wildman–Crippen MR) is 77.8 cm³/mol. The molecule has 1 atom stereocenters. The number of aromatic amines is 1. The molecule has 0 aliphatic carbocycles. The molecule has 1 amide bonds. The first-order valence-electron chi connectivity index (χ1n) is 6.80. The van der Waals surface area contributed by atoms with Crippen molar-refractivity contribution in [3.05, 3.63) is 23.5 Å². The number of H-pyrrole nitrogens is 1. The Morgan fingerprint density at radius 2 is 2.00 bits per heavy atom. The third-order valence-corrected chi connectivity index (χ3v) is 3.47. The quantitative estimate of drug-likeness (QED) is 0.697. The normalized spacial score (nSPS) is 13.3. The number of carbonyl (C=O) groups is 2. The fourth-order valence-electron chi connectivity index (χ4n) is 2.14. The number of amides is 1. The maximum atomic E-state index is 12.0. The molecule has 0 aliphatic rings. The van der Waals surface area contributed by atoms with Gasteiger partial charge >= 0.3 is 0 Å². The minimum atomic E-state index is -0.501. The first kappa shape index (κ1) is 16.4. The van der Waals surface area contributed by atoms with Crippen LogP contribution in [0.3, 0.4) is 0 Å². The molecule has 3 N–H and O–H groups in total. The van der Waals surface area contributed by atoms with Gasteiger partial charge in [-0.3, -0.25) is 9.59 Å². The highest BCUT2D eigenvalue weighted by Crippen LogP contribution is 2.25. The van der Waals surface area contributed by atoms with Gasteiger partial charge in [0.15, 0.2) is 5.78 Å². The zero-order chi connectivity index (χ0) is 15.5. The number of aliphatic hydroxyl groups excluding tert-OH is 1. The van der Waals surface area contributed by atoms with E-state index in [9.17, 15) is 14.7 Å². The van der Waals surface area contributed by atoms with Crippen molar-refractivity contribution in [3.8, 4) is 0 Å². The van der Waals surface area contributed by atoms with Gasteiger partial charge in [-0.2, -0.15) is 0 Å². The van der Waals surface area contributed by atoms with Gasteiger partial charge in [-0.05, 0) is 18.9 Å². The summed E-state index contributed by atoms with van der Waals surface area (Å²) in [6.45, 7) is 9.52. The van der Waals surface area contributed by atoms with Gasteiger partial charge in [0.2, 0.25) is 0 Å². The molecule has 1 rings (SSSR count). The van der Waals surface area contributed by atoms with Gasteiger partial charge < -0.3 is 15.4 Å². The van der Waals surface area contributed by atoms with Crippen molar-refractivity contribution in [2.24, 2.45) is 11.3 Å². The van der Waals surface area contributed by atoms with Gasteiger partial charge in [0.05, 0.1) is 6.10 Å². The van der Waals surface area contributed by atoms with Crippen LogP contribution in [0.1, 0.15) is 55.5 Å². The highest BCUT2D eigenvalue weighted by atomic mass is 16.3. The highest BCUT2D eigenvalue weighted by Gasteiger charge is 2.30. The van der Waals surface area contributed by atoms with Crippen LogP contribution in [0.25, 0.3) is 0 Å². The van der Waals surface area contributed by atoms with Crippen LogP contribution in [0.15, 0.2) is 12.3 Å². The summed E-state index contributed by atoms with van der Waals surface area (Å²) in [5.41, 5.74) is 0.418. The van der Waals surface area contributed by atoms with E-state index >= 15 is 0 Å². The number of aliphatic hydroxyl groups is 1. The number of Topliss-reactive ketones (excluding diaryl/α,β-unsaturated/α-hetero) is 1. The highest BCUT2D eigenvalue weighted by molar-refractivity contribution is 5.99. The number of aromatic nitrogens is 1. The van der Waals surface area contributed by atoms with Crippen LogP contribution in [-0.4, -0.2) is 34.4 Å². The lowest BCUT2D eigenvalue weighted by Gasteiger charge is -2.33. The van der Waals surface area contributed by atoms with E-state index in [1.807, 2.05) is 27.7 Å². The van der Waals surface area contributed by atoms with Gasteiger partial charge in [0, 0.05) is 23.7 Å². The monoisotopic (exact) mass is 280 g/mol. The number of rotatable bonds is 6. The first-order chi connectivity index (χ1) is 9.15. The largest absolute Gasteiger partial charge is 0.392 e. The predicted octanol–water partition coefficient (Wildman–Crippen LogP) is 1.99. The van der Waals surface area contributed by atoms with Crippen LogP contribution in [0, 0.1) is 11.3 Å². The molecule has 5 nitrogen and oxygen atoms in total. The SMILES string of the molecule is CC(=O)c1c[nH]c(C(=O)NCC(C)(C)C(O)C(C)C)c1. The molecule has 1 aromatic rings. The molecule has 0 aromatic carbocycles. The number of ketones is 1. The average Bonchev–Trinajstić information content (AvgIpc) is 2.84. The molecule has 20 heavy (non-hydrogen) atoms. The van der Waals surface area contributed by atoms with Crippen LogP contribution < -0.4 is 5.32 Å². The smallest absolute Gasteiger partial charge is 0.267 e. The Balaban J connectivity index is 2.64. The lowest BCUT2D eigenvalue weighted by molar-refractivity contribution is 0.0138. The summed E-state index contributed by atoms with van der Waals surface area (Å²) in [7, 11) is 0. The van der Waals surface area contributed by atoms with Gasteiger partial charge in [-0.1, -0.05) is 27.7 Å². The molecule has 1 unspecified atom stereocenters. The summed E-state index contributed by atoms with van der Waals surface area (Å²) in [5, 5.41) is 12.9. The molecule has 0 saturated heterocycles. The molecule has 112 valence electrons. The molecule has 0 fully saturated rings. The second-order valence-corrected chi connectivity index (χ2v) is 6.22. The Kier molecular flexibility index (Phi) is 5.11. The van der Waals surface area contributed by atoms with Crippen LogP contribution >= 0.6 is 0 Å². The molecular weight excluding hydrogens is 256 g/mol. The molecule has 5 heteroatoms. The third kappa shape index (κ3) is 3.93. The maximum Gasteiger partial charge on any atom is 0.267 e. The number of hydrogen-bond donors (Lipinski definition) is 3. The summed E-state index contributed by atoms with van der Waals surface area (Å²) in [6, 6.07) is 1.53. The van der Waals surface area contributed by atoms with E-state index in [2.05, 4.69) is 10.3 Å². The van der Waals surface area contributed by atoms with Crippen molar-refractivity contribution in [3.63, 3.8) is 0 Å². The second kappa shape index (κ2) is 6.22. The zero-order valence-corrected chi connectivity index (χ0v) is 12.8. The Labute approximate surface area is 119 Å². The summed E-state index contributed by atoms with van der Waals surface area (Å²) in [4.78, 5) is 25.9. The van der Waals surface area contributed by atoms with Crippen molar-refractivity contribution in [1.82, 2.24) is 10.3 Å². The minimum absolute atomic E-state index is 0.0872.